The average molecular weight is 285 g/mol. The van der Waals surface area contributed by atoms with Crippen molar-refractivity contribution in [3.63, 3.8) is 0 Å². The molecule has 1 unspecified atom stereocenters. The SMILES string of the molecule is COc1ccc(S(=O)(=O)N2CCC(CO)C2)cc1C. The quantitative estimate of drug-likeness (QED) is 0.896. The lowest BCUT2D eigenvalue weighted by atomic mass is 10.1. The normalized spacial score (nSPS) is 20.7. The molecule has 1 fully saturated rings. The first-order chi connectivity index (χ1) is 8.98. The molecule has 1 heterocycles. The van der Waals surface area contributed by atoms with Gasteiger partial charge in [-0.25, -0.2) is 8.42 Å². The van der Waals surface area contributed by atoms with Crippen LogP contribution in [0.4, 0.5) is 0 Å². The second-order valence-corrected chi connectivity index (χ2v) is 6.77. The van der Waals surface area contributed by atoms with Gasteiger partial charge in [0.2, 0.25) is 10.0 Å². The molecule has 0 spiro atoms. The Morgan fingerprint density at radius 1 is 1.47 bits per heavy atom. The minimum atomic E-state index is -3.46. The van der Waals surface area contributed by atoms with Crippen molar-refractivity contribution in [2.75, 3.05) is 26.8 Å². The smallest absolute Gasteiger partial charge is 0.243 e. The predicted molar refractivity (Wildman–Crippen MR) is 71.7 cm³/mol. The van der Waals surface area contributed by atoms with Crippen molar-refractivity contribution in [3.05, 3.63) is 23.8 Å². The van der Waals surface area contributed by atoms with E-state index >= 15 is 0 Å². The second-order valence-electron chi connectivity index (χ2n) is 4.83. The molecule has 1 atom stereocenters. The zero-order valence-corrected chi connectivity index (χ0v) is 12.0. The van der Waals surface area contributed by atoms with E-state index in [9.17, 15) is 8.42 Å². The van der Waals surface area contributed by atoms with Gasteiger partial charge in [-0.05, 0) is 43.0 Å². The Balaban J connectivity index is 2.27. The van der Waals surface area contributed by atoms with E-state index in [1.807, 2.05) is 6.92 Å². The largest absolute Gasteiger partial charge is 0.496 e. The van der Waals surface area contributed by atoms with Crippen LogP contribution in [0, 0.1) is 12.8 Å². The van der Waals surface area contributed by atoms with Crippen LogP contribution < -0.4 is 4.74 Å². The zero-order chi connectivity index (χ0) is 14.0. The molecular formula is C13H19NO4S. The van der Waals surface area contributed by atoms with Crippen molar-refractivity contribution in [2.45, 2.75) is 18.2 Å². The summed E-state index contributed by atoms with van der Waals surface area (Å²) in [5.74, 6) is 0.725. The van der Waals surface area contributed by atoms with Gasteiger partial charge in [-0.2, -0.15) is 4.31 Å². The number of hydrogen-bond donors (Lipinski definition) is 1. The Labute approximate surface area is 113 Å². The Hall–Kier alpha value is -1.11. The van der Waals surface area contributed by atoms with Crippen LogP contribution >= 0.6 is 0 Å². The van der Waals surface area contributed by atoms with Crippen LogP contribution in [0.1, 0.15) is 12.0 Å². The minimum Gasteiger partial charge on any atom is -0.496 e. The van der Waals surface area contributed by atoms with Crippen LogP contribution in [0.15, 0.2) is 23.1 Å². The van der Waals surface area contributed by atoms with Gasteiger partial charge in [-0.15, -0.1) is 0 Å². The molecule has 6 heteroatoms. The van der Waals surface area contributed by atoms with E-state index in [0.717, 1.165) is 5.56 Å². The number of aliphatic hydroxyl groups excluding tert-OH is 1. The van der Waals surface area contributed by atoms with E-state index in [0.29, 0.717) is 25.3 Å². The summed E-state index contributed by atoms with van der Waals surface area (Å²) in [4.78, 5) is 0.282. The molecule has 19 heavy (non-hydrogen) atoms. The third kappa shape index (κ3) is 2.75. The van der Waals surface area contributed by atoms with E-state index in [4.69, 9.17) is 9.84 Å². The van der Waals surface area contributed by atoms with Gasteiger partial charge < -0.3 is 9.84 Å². The molecule has 2 rings (SSSR count). The summed E-state index contributed by atoms with van der Waals surface area (Å²) in [6, 6.07) is 4.86. The number of rotatable bonds is 4. The third-order valence-electron chi connectivity index (χ3n) is 3.51. The predicted octanol–water partition coefficient (Wildman–Crippen LogP) is 1.01. The summed E-state index contributed by atoms with van der Waals surface area (Å²) in [7, 11) is -1.90. The van der Waals surface area contributed by atoms with E-state index in [1.165, 1.54) is 4.31 Å². The van der Waals surface area contributed by atoms with Gasteiger partial charge in [-0.3, -0.25) is 0 Å². The van der Waals surface area contributed by atoms with Crippen LogP contribution in [0.3, 0.4) is 0 Å². The van der Waals surface area contributed by atoms with Gasteiger partial charge in [-0.1, -0.05) is 0 Å². The van der Waals surface area contributed by atoms with Crippen molar-refractivity contribution in [1.29, 1.82) is 0 Å². The molecular weight excluding hydrogens is 266 g/mol. The zero-order valence-electron chi connectivity index (χ0n) is 11.2. The number of ether oxygens (including phenoxy) is 1. The van der Waals surface area contributed by atoms with E-state index in [-0.39, 0.29) is 17.4 Å². The number of methoxy groups -OCH3 is 1. The molecule has 0 aliphatic carbocycles. The van der Waals surface area contributed by atoms with Gasteiger partial charge in [0.25, 0.3) is 0 Å². The molecule has 1 aliphatic rings. The average Bonchev–Trinajstić information content (AvgIpc) is 2.88. The van der Waals surface area contributed by atoms with Crippen molar-refractivity contribution in [1.82, 2.24) is 4.31 Å². The fourth-order valence-electron chi connectivity index (χ4n) is 2.32. The highest BCUT2D eigenvalue weighted by Gasteiger charge is 2.32. The first-order valence-corrected chi connectivity index (χ1v) is 7.68. The first kappa shape index (κ1) is 14.3. The van der Waals surface area contributed by atoms with Crippen molar-refractivity contribution >= 4 is 10.0 Å². The van der Waals surface area contributed by atoms with Crippen LogP contribution in [0.5, 0.6) is 5.75 Å². The maximum absolute atomic E-state index is 12.5. The lowest BCUT2D eigenvalue weighted by molar-refractivity contribution is 0.233. The number of aliphatic hydroxyl groups is 1. The molecule has 0 bridgehead atoms. The van der Waals surface area contributed by atoms with Crippen molar-refractivity contribution < 1.29 is 18.3 Å². The Morgan fingerprint density at radius 2 is 2.21 bits per heavy atom. The van der Waals surface area contributed by atoms with Crippen molar-refractivity contribution in [2.24, 2.45) is 5.92 Å². The first-order valence-electron chi connectivity index (χ1n) is 6.24. The number of hydrogen-bond acceptors (Lipinski definition) is 4. The molecule has 106 valence electrons. The molecule has 0 amide bonds. The summed E-state index contributed by atoms with van der Waals surface area (Å²) >= 11 is 0. The highest BCUT2D eigenvalue weighted by Crippen LogP contribution is 2.27. The maximum atomic E-state index is 12.5. The van der Waals surface area contributed by atoms with Gasteiger partial charge >= 0.3 is 0 Å². The summed E-state index contributed by atoms with van der Waals surface area (Å²) in [5.41, 5.74) is 0.793. The fraction of sp³-hybridized carbons (Fsp3) is 0.538. The van der Waals surface area contributed by atoms with E-state index in [2.05, 4.69) is 0 Å². The lowest BCUT2D eigenvalue weighted by Gasteiger charge is -2.17. The molecule has 0 aromatic heterocycles. The Morgan fingerprint density at radius 3 is 2.74 bits per heavy atom. The van der Waals surface area contributed by atoms with Crippen LogP contribution in [-0.4, -0.2) is 44.6 Å². The maximum Gasteiger partial charge on any atom is 0.243 e. The molecule has 5 nitrogen and oxygen atoms in total. The molecule has 0 saturated carbocycles. The van der Waals surface area contributed by atoms with E-state index in [1.54, 1.807) is 25.3 Å². The molecule has 1 aromatic rings. The monoisotopic (exact) mass is 285 g/mol. The Bertz CT molecular complexity index is 556. The summed E-state index contributed by atoms with van der Waals surface area (Å²) < 4.78 is 31.5. The second kappa shape index (κ2) is 5.48. The Kier molecular flexibility index (Phi) is 4.13. The molecule has 1 aliphatic heterocycles. The third-order valence-corrected chi connectivity index (χ3v) is 5.37. The van der Waals surface area contributed by atoms with Gasteiger partial charge in [0, 0.05) is 19.7 Å². The molecule has 0 radical (unpaired) electrons. The topological polar surface area (TPSA) is 66.8 Å². The standard InChI is InChI=1S/C13H19NO4S/c1-10-7-12(3-4-13(10)18-2)19(16,17)14-6-5-11(8-14)9-15/h3-4,7,11,15H,5-6,8-9H2,1-2H3. The van der Waals surface area contributed by atoms with Gasteiger partial charge in [0.05, 0.1) is 12.0 Å². The molecule has 1 aromatic carbocycles. The van der Waals surface area contributed by atoms with Crippen LogP contribution in [0.2, 0.25) is 0 Å². The van der Waals surface area contributed by atoms with Crippen LogP contribution in [0.25, 0.3) is 0 Å². The van der Waals surface area contributed by atoms with Gasteiger partial charge in [0.1, 0.15) is 5.75 Å². The summed E-state index contributed by atoms with van der Waals surface area (Å²) in [6.45, 7) is 2.72. The fourth-order valence-corrected chi connectivity index (χ4v) is 3.94. The van der Waals surface area contributed by atoms with Gasteiger partial charge in [0.15, 0.2) is 0 Å². The minimum absolute atomic E-state index is 0.0354. The lowest BCUT2D eigenvalue weighted by Crippen LogP contribution is -2.29. The van der Waals surface area contributed by atoms with Crippen molar-refractivity contribution in [3.8, 4) is 5.75 Å². The highest BCUT2D eigenvalue weighted by atomic mass is 32.2. The molecule has 1 N–H and O–H groups in total. The number of sulfonamides is 1. The van der Waals surface area contributed by atoms with E-state index < -0.39 is 10.0 Å². The molecule has 1 saturated heterocycles. The summed E-state index contributed by atoms with van der Waals surface area (Å²) in [5, 5.41) is 9.09. The number of benzene rings is 1. The highest BCUT2D eigenvalue weighted by molar-refractivity contribution is 7.89. The van der Waals surface area contributed by atoms with Crippen LogP contribution in [-0.2, 0) is 10.0 Å². The number of aryl methyl sites for hydroxylation is 1. The summed E-state index contributed by atoms with van der Waals surface area (Å²) in [6.07, 6.45) is 0.713. The number of nitrogens with zero attached hydrogens (tertiary/aromatic N) is 1.